The molecule has 1 aromatic carbocycles. The minimum absolute atomic E-state index is 0. The molecule has 0 saturated heterocycles. The van der Waals surface area contributed by atoms with E-state index < -0.39 is 0 Å². The van der Waals surface area contributed by atoms with Gasteiger partial charge in [0.1, 0.15) is 0 Å². The molecule has 0 spiro atoms. The lowest BCUT2D eigenvalue weighted by atomic mass is 10.1. The van der Waals surface area contributed by atoms with E-state index in [1.807, 2.05) is 0 Å². The maximum atomic E-state index is 11.6. The van der Waals surface area contributed by atoms with Crippen molar-refractivity contribution in [2.75, 3.05) is 13.1 Å². The van der Waals surface area contributed by atoms with Crippen molar-refractivity contribution in [2.45, 2.75) is 19.3 Å². The SMILES string of the molecule is Cl.NCCCCNC(=O)Cc1c(Cl)cccc1Cl. The smallest absolute Gasteiger partial charge is 0.224 e. The van der Waals surface area contributed by atoms with Gasteiger partial charge in [0.15, 0.2) is 0 Å². The molecule has 0 unspecified atom stereocenters. The average Bonchev–Trinajstić information content (AvgIpc) is 2.30. The van der Waals surface area contributed by atoms with Crippen LogP contribution in [-0.2, 0) is 11.2 Å². The normalized spacial score (nSPS) is 9.72. The van der Waals surface area contributed by atoms with Gasteiger partial charge in [0.25, 0.3) is 0 Å². The van der Waals surface area contributed by atoms with Crippen LogP contribution in [0.25, 0.3) is 0 Å². The van der Waals surface area contributed by atoms with Crippen LogP contribution in [0.3, 0.4) is 0 Å². The number of hydrogen-bond acceptors (Lipinski definition) is 2. The van der Waals surface area contributed by atoms with Crippen LogP contribution in [-0.4, -0.2) is 19.0 Å². The summed E-state index contributed by atoms with van der Waals surface area (Å²) < 4.78 is 0. The van der Waals surface area contributed by atoms with Crippen molar-refractivity contribution in [1.29, 1.82) is 0 Å². The number of hydrogen-bond donors (Lipinski definition) is 2. The molecule has 1 amide bonds. The van der Waals surface area contributed by atoms with E-state index >= 15 is 0 Å². The Hall–Kier alpha value is -0.480. The molecule has 0 aliphatic heterocycles. The van der Waals surface area contributed by atoms with E-state index in [2.05, 4.69) is 5.32 Å². The van der Waals surface area contributed by atoms with E-state index in [0.29, 0.717) is 28.7 Å². The van der Waals surface area contributed by atoms with Crippen LogP contribution in [0.2, 0.25) is 10.0 Å². The summed E-state index contributed by atoms with van der Waals surface area (Å²) in [6.07, 6.45) is 2.01. The number of benzene rings is 1. The lowest BCUT2D eigenvalue weighted by Crippen LogP contribution is -2.26. The van der Waals surface area contributed by atoms with Gasteiger partial charge in [-0.1, -0.05) is 29.3 Å². The predicted octanol–water partition coefficient (Wildman–Crippen LogP) is 2.81. The molecular formula is C12H17Cl3N2O. The molecule has 3 N–H and O–H groups in total. The number of carbonyl (C=O) groups is 1. The average molecular weight is 312 g/mol. The summed E-state index contributed by atoms with van der Waals surface area (Å²) in [5.74, 6) is -0.0722. The van der Waals surface area contributed by atoms with Crippen molar-refractivity contribution >= 4 is 41.5 Å². The summed E-state index contributed by atoms with van der Waals surface area (Å²) in [5, 5.41) is 3.85. The Morgan fingerprint density at radius 3 is 2.39 bits per heavy atom. The van der Waals surface area contributed by atoms with Gasteiger partial charge in [-0.15, -0.1) is 12.4 Å². The third-order valence-corrected chi connectivity index (χ3v) is 3.06. The van der Waals surface area contributed by atoms with Crippen LogP contribution in [0.5, 0.6) is 0 Å². The molecule has 0 atom stereocenters. The van der Waals surface area contributed by atoms with Gasteiger partial charge < -0.3 is 11.1 Å². The largest absolute Gasteiger partial charge is 0.356 e. The fourth-order valence-electron chi connectivity index (χ4n) is 1.42. The van der Waals surface area contributed by atoms with Crippen molar-refractivity contribution in [3.63, 3.8) is 0 Å². The lowest BCUT2D eigenvalue weighted by molar-refractivity contribution is -0.120. The van der Waals surface area contributed by atoms with E-state index in [1.54, 1.807) is 18.2 Å². The van der Waals surface area contributed by atoms with E-state index in [4.69, 9.17) is 28.9 Å². The summed E-state index contributed by atoms with van der Waals surface area (Å²) in [7, 11) is 0. The second-order valence-electron chi connectivity index (χ2n) is 3.72. The first-order valence-corrected chi connectivity index (χ1v) is 6.30. The zero-order chi connectivity index (χ0) is 12.7. The minimum atomic E-state index is -0.0722. The highest BCUT2D eigenvalue weighted by Crippen LogP contribution is 2.24. The fraction of sp³-hybridized carbons (Fsp3) is 0.417. The van der Waals surface area contributed by atoms with Crippen molar-refractivity contribution < 1.29 is 4.79 Å². The topological polar surface area (TPSA) is 55.1 Å². The first kappa shape index (κ1) is 17.5. The molecule has 0 saturated carbocycles. The predicted molar refractivity (Wildman–Crippen MR) is 78.7 cm³/mol. The third kappa shape index (κ3) is 5.91. The number of nitrogens with one attached hydrogen (secondary N) is 1. The van der Waals surface area contributed by atoms with Gasteiger partial charge >= 0.3 is 0 Å². The molecule has 3 nitrogen and oxygen atoms in total. The molecule has 0 aliphatic rings. The third-order valence-electron chi connectivity index (χ3n) is 2.35. The Morgan fingerprint density at radius 1 is 1.22 bits per heavy atom. The van der Waals surface area contributed by atoms with Gasteiger partial charge in [0, 0.05) is 16.6 Å². The standard InChI is InChI=1S/C12H16Cl2N2O.ClH/c13-10-4-3-5-11(14)9(10)8-12(17)16-7-2-1-6-15;/h3-5H,1-2,6-8,15H2,(H,16,17);1H. The highest BCUT2D eigenvalue weighted by molar-refractivity contribution is 6.36. The number of unbranched alkanes of at least 4 members (excludes halogenated alkanes) is 1. The molecule has 0 aromatic heterocycles. The van der Waals surface area contributed by atoms with Gasteiger partial charge in [0.2, 0.25) is 5.91 Å². The molecule has 0 bridgehead atoms. The fourth-order valence-corrected chi connectivity index (χ4v) is 1.95. The van der Waals surface area contributed by atoms with Gasteiger partial charge in [-0.05, 0) is 37.1 Å². The zero-order valence-electron chi connectivity index (χ0n) is 9.92. The van der Waals surface area contributed by atoms with Crippen LogP contribution in [0.15, 0.2) is 18.2 Å². The number of halogens is 3. The van der Waals surface area contributed by atoms with Gasteiger partial charge in [-0.25, -0.2) is 0 Å². The van der Waals surface area contributed by atoms with Crippen LogP contribution in [0.4, 0.5) is 0 Å². The first-order chi connectivity index (χ1) is 8.15. The Kier molecular flexibility index (Phi) is 9.20. The van der Waals surface area contributed by atoms with Crippen LogP contribution >= 0.6 is 35.6 Å². The van der Waals surface area contributed by atoms with E-state index in [9.17, 15) is 4.79 Å². The van der Waals surface area contributed by atoms with Crippen LogP contribution < -0.4 is 11.1 Å². The Balaban J connectivity index is 0.00000289. The van der Waals surface area contributed by atoms with Crippen LogP contribution in [0, 0.1) is 0 Å². The van der Waals surface area contributed by atoms with Gasteiger partial charge in [0.05, 0.1) is 6.42 Å². The maximum absolute atomic E-state index is 11.6. The van der Waals surface area contributed by atoms with Gasteiger partial charge in [-0.2, -0.15) is 0 Å². The summed E-state index contributed by atoms with van der Waals surface area (Å²) in [6, 6.07) is 5.21. The molecule has 18 heavy (non-hydrogen) atoms. The van der Waals surface area contributed by atoms with Gasteiger partial charge in [-0.3, -0.25) is 4.79 Å². The lowest BCUT2D eigenvalue weighted by Gasteiger charge is -2.07. The molecule has 1 aromatic rings. The number of nitrogens with two attached hydrogens (primary N) is 1. The van der Waals surface area contributed by atoms with E-state index in [0.717, 1.165) is 12.8 Å². The molecule has 6 heteroatoms. The second-order valence-corrected chi connectivity index (χ2v) is 4.54. The molecule has 0 fully saturated rings. The summed E-state index contributed by atoms with van der Waals surface area (Å²) in [6.45, 7) is 1.28. The summed E-state index contributed by atoms with van der Waals surface area (Å²) >= 11 is 12.0. The van der Waals surface area contributed by atoms with Crippen molar-refractivity contribution in [3.8, 4) is 0 Å². The maximum Gasteiger partial charge on any atom is 0.224 e. The molecule has 0 radical (unpaired) electrons. The highest BCUT2D eigenvalue weighted by atomic mass is 35.5. The zero-order valence-corrected chi connectivity index (χ0v) is 12.2. The first-order valence-electron chi connectivity index (χ1n) is 5.55. The summed E-state index contributed by atoms with van der Waals surface area (Å²) in [5.41, 5.74) is 6.03. The summed E-state index contributed by atoms with van der Waals surface area (Å²) in [4.78, 5) is 11.6. The number of carbonyl (C=O) groups excluding carboxylic acids is 1. The monoisotopic (exact) mass is 310 g/mol. The van der Waals surface area contributed by atoms with E-state index in [1.165, 1.54) is 0 Å². The quantitative estimate of drug-likeness (QED) is 0.794. The second kappa shape index (κ2) is 9.45. The Bertz CT molecular complexity index is 365. The molecule has 0 heterocycles. The molecule has 0 aliphatic carbocycles. The molecule has 102 valence electrons. The van der Waals surface area contributed by atoms with Crippen molar-refractivity contribution in [3.05, 3.63) is 33.8 Å². The van der Waals surface area contributed by atoms with E-state index in [-0.39, 0.29) is 24.7 Å². The number of rotatable bonds is 6. The van der Waals surface area contributed by atoms with Crippen molar-refractivity contribution in [2.24, 2.45) is 5.73 Å². The Morgan fingerprint density at radius 2 is 1.83 bits per heavy atom. The molecular weight excluding hydrogens is 295 g/mol. The van der Waals surface area contributed by atoms with Crippen molar-refractivity contribution in [1.82, 2.24) is 5.32 Å². The molecule has 1 rings (SSSR count). The van der Waals surface area contributed by atoms with Crippen LogP contribution in [0.1, 0.15) is 18.4 Å². The Labute approximate surface area is 123 Å². The minimum Gasteiger partial charge on any atom is -0.356 e. The highest BCUT2D eigenvalue weighted by Gasteiger charge is 2.09. The number of amides is 1.